The summed E-state index contributed by atoms with van der Waals surface area (Å²) >= 11 is 0. The molecular weight excluding hydrogens is 426 g/mol. The number of amides is 1. The number of phenolic OH excluding ortho intramolecular Hbond substituents is 1. The molecule has 6 nitrogen and oxygen atoms in total. The van der Waals surface area contributed by atoms with E-state index in [1.54, 1.807) is 12.1 Å². The van der Waals surface area contributed by atoms with Gasteiger partial charge in [0.25, 0.3) is 5.91 Å². The number of hydrogen-bond donors (Lipinski definition) is 2. The molecule has 6 heteroatoms. The zero-order chi connectivity index (χ0) is 23.5. The minimum Gasteiger partial charge on any atom is -0.507 e. The van der Waals surface area contributed by atoms with E-state index in [1.165, 1.54) is 5.56 Å². The average Bonchev–Trinajstić information content (AvgIpc) is 3.41. The molecule has 0 saturated carbocycles. The molecule has 1 aliphatic heterocycles. The SMILES string of the molecule is CCCOc1ccc([C@H]2c3c(-c4ccccc4O)n[nH]c3C(=O)N2CCc2ccccc2)cc1. The number of para-hydroxylation sites is 1. The highest BCUT2D eigenvalue weighted by Gasteiger charge is 2.42. The number of fused-ring (bicyclic) bond motifs is 1. The predicted octanol–water partition coefficient (Wildman–Crippen LogP) is 5.36. The van der Waals surface area contributed by atoms with Crippen LogP contribution in [0.4, 0.5) is 0 Å². The van der Waals surface area contributed by atoms with Crippen LogP contribution in [0.25, 0.3) is 11.3 Å². The molecule has 1 amide bonds. The Morgan fingerprint density at radius 3 is 2.47 bits per heavy atom. The molecule has 0 radical (unpaired) electrons. The first-order chi connectivity index (χ1) is 16.7. The molecule has 172 valence electrons. The lowest BCUT2D eigenvalue weighted by Crippen LogP contribution is -2.31. The van der Waals surface area contributed by atoms with Crippen LogP contribution in [0.15, 0.2) is 78.9 Å². The molecule has 0 bridgehead atoms. The zero-order valence-corrected chi connectivity index (χ0v) is 19.1. The number of rotatable bonds is 8. The van der Waals surface area contributed by atoms with Gasteiger partial charge in [-0.1, -0.05) is 61.5 Å². The molecular formula is C28H27N3O3. The largest absolute Gasteiger partial charge is 0.507 e. The third-order valence-electron chi connectivity index (χ3n) is 6.18. The van der Waals surface area contributed by atoms with Crippen LogP contribution >= 0.6 is 0 Å². The Balaban J connectivity index is 1.55. The number of aromatic amines is 1. The van der Waals surface area contributed by atoms with E-state index in [0.717, 1.165) is 29.7 Å². The van der Waals surface area contributed by atoms with Gasteiger partial charge in [-0.3, -0.25) is 9.89 Å². The molecule has 0 unspecified atom stereocenters. The summed E-state index contributed by atoms with van der Waals surface area (Å²) in [6.45, 7) is 3.29. The van der Waals surface area contributed by atoms with Crippen molar-refractivity contribution in [1.82, 2.24) is 15.1 Å². The van der Waals surface area contributed by atoms with Gasteiger partial charge in [-0.2, -0.15) is 5.10 Å². The summed E-state index contributed by atoms with van der Waals surface area (Å²) in [5.74, 6) is 0.851. The summed E-state index contributed by atoms with van der Waals surface area (Å²) in [5.41, 5.74) is 4.61. The number of carbonyl (C=O) groups excluding carboxylic acids is 1. The number of phenols is 1. The maximum Gasteiger partial charge on any atom is 0.273 e. The van der Waals surface area contributed by atoms with Crippen molar-refractivity contribution in [3.05, 3.63) is 101 Å². The van der Waals surface area contributed by atoms with Crippen molar-refractivity contribution in [3.8, 4) is 22.8 Å². The molecule has 1 aromatic heterocycles. The maximum absolute atomic E-state index is 13.5. The van der Waals surface area contributed by atoms with Crippen molar-refractivity contribution < 1.29 is 14.6 Å². The molecule has 4 aromatic rings. The number of H-pyrrole nitrogens is 1. The van der Waals surface area contributed by atoms with Crippen LogP contribution in [-0.2, 0) is 6.42 Å². The summed E-state index contributed by atoms with van der Waals surface area (Å²) in [6.07, 6.45) is 1.68. The Hall–Kier alpha value is -4.06. The van der Waals surface area contributed by atoms with Gasteiger partial charge in [0.05, 0.1) is 12.6 Å². The molecule has 3 aromatic carbocycles. The zero-order valence-electron chi connectivity index (χ0n) is 19.1. The minimum atomic E-state index is -0.320. The van der Waals surface area contributed by atoms with Crippen LogP contribution in [0, 0.1) is 0 Å². The van der Waals surface area contributed by atoms with Crippen LogP contribution in [0.5, 0.6) is 11.5 Å². The van der Waals surface area contributed by atoms with Gasteiger partial charge < -0.3 is 14.7 Å². The van der Waals surface area contributed by atoms with Crippen molar-refractivity contribution in [3.63, 3.8) is 0 Å². The van der Waals surface area contributed by atoms with Crippen LogP contribution in [0.3, 0.4) is 0 Å². The van der Waals surface area contributed by atoms with E-state index in [1.807, 2.05) is 59.5 Å². The maximum atomic E-state index is 13.5. The van der Waals surface area contributed by atoms with Crippen molar-refractivity contribution in [2.45, 2.75) is 25.8 Å². The summed E-state index contributed by atoms with van der Waals surface area (Å²) in [6, 6.07) is 24.8. The lowest BCUT2D eigenvalue weighted by atomic mass is 9.95. The van der Waals surface area contributed by atoms with Gasteiger partial charge in [0, 0.05) is 17.7 Å². The second-order valence-corrected chi connectivity index (χ2v) is 8.43. The Kier molecular flexibility index (Phi) is 6.04. The van der Waals surface area contributed by atoms with E-state index >= 15 is 0 Å². The van der Waals surface area contributed by atoms with Crippen molar-refractivity contribution >= 4 is 5.91 Å². The minimum absolute atomic E-state index is 0.0867. The van der Waals surface area contributed by atoms with Gasteiger partial charge in [-0.15, -0.1) is 0 Å². The number of nitrogens with one attached hydrogen (secondary N) is 1. The second-order valence-electron chi connectivity index (χ2n) is 8.43. The van der Waals surface area contributed by atoms with Gasteiger partial charge in [0.15, 0.2) is 0 Å². The number of carbonyl (C=O) groups is 1. The van der Waals surface area contributed by atoms with Gasteiger partial charge in [0.2, 0.25) is 0 Å². The standard InChI is InChI=1S/C28H27N3O3/c1-2-18-34-21-14-12-20(13-15-21)27-24-25(22-10-6-7-11-23(22)32)29-30-26(24)28(33)31(27)17-16-19-8-4-3-5-9-19/h3-15,27,32H,2,16-18H2,1H3,(H,29,30)/t27-/m0/s1. The molecule has 5 rings (SSSR count). The molecule has 1 atom stereocenters. The molecule has 0 saturated heterocycles. The molecule has 1 aliphatic rings. The quantitative estimate of drug-likeness (QED) is 0.377. The van der Waals surface area contributed by atoms with E-state index in [9.17, 15) is 9.90 Å². The summed E-state index contributed by atoms with van der Waals surface area (Å²) in [5, 5.41) is 17.9. The third kappa shape index (κ3) is 4.03. The number of aromatic nitrogens is 2. The Bertz CT molecular complexity index is 1280. The van der Waals surface area contributed by atoms with E-state index in [2.05, 4.69) is 29.3 Å². The van der Waals surface area contributed by atoms with E-state index in [0.29, 0.717) is 30.1 Å². The van der Waals surface area contributed by atoms with Crippen LogP contribution in [-0.4, -0.2) is 39.3 Å². The normalized spacial score (nSPS) is 14.9. The topological polar surface area (TPSA) is 78.5 Å². The molecule has 0 fully saturated rings. The smallest absolute Gasteiger partial charge is 0.273 e. The van der Waals surface area contributed by atoms with Crippen molar-refractivity contribution in [1.29, 1.82) is 0 Å². The van der Waals surface area contributed by atoms with Crippen LogP contribution < -0.4 is 4.74 Å². The number of aromatic hydroxyl groups is 1. The van der Waals surface area contributed by atoms with Gasteiger partial charge in [-0.05, 0) is 48.2 Å². The molecule has 0 spiro atoms. The highest BCUT2D eigenvalue weighted by molar-refractivity contribution is 6.00. The van der Waals surface area contributed by atoms with E-state index < -0.39 is 0 Å². The predicted molar refractivity (Wildman–Crippen MR) is 131 cm³/mol. The first-order valence-electron chi connectivity index (χ1n) is 11.6. The summed E-state index contributed by atoms with van der Waals surface area (Å²) in [7, 11) is 0. The molecule has 2 N–H and O–H groups in total. The monoisotopic (exact) mass is 453 g/mol. The summed E-state index contributed by atoms with van der Waals surface area (Å²) in [4.78, 5) is 15.4. The molecule has 0 aliphatic carbocycles. The van der Waals surface area contributed by atoms with Gasteiger partial charge >= 0.3 is 0 Å². The number of ether oxygens (including phenoxy) is 1. The number of benzene rings is 3. The van der Waals surface area contributed by atoms with Gasteiger partial charge in [-0.25, -0.2) is 0 Å². The molecule has 34 heavy (non-hydrogen) atoms. The Morgan fingerprint density at radius 1 is 1.00 bits per heavy atom. The first-order valence-corrected chi connectivity index (χ1v) is 11.6. The van der Waals surface area contributed by atoms with Crippen LogP contribution in [0.2, 0.25) is 0 Å². The van der Waals surface area contributed by atoms with Crippen LogP contribution in [0.1, 0.15) is 46.6 Å². The van der Waals surface area contributed by atoms with Gasteiger partial charge in [0.1, 0.15) is 22.9 Å². The van der Waals surface area contributed by atoms with E-state index in [-0.39, 0.29) is 17.7 Å². The Labute approximate surface area is 198 Å². The fourth-order valence-corrected chi connectivity index (χ4v) is 4.51. The summed E-state index contributed by atoms with van der Waals surface area (Å²) < 4.78 is 5.76. The molecule has 2 heterocycles. The highest BCUT2D eigenvalue weighted by Crippen LogP contribution is 2.44. The van der Waals surface area contributed by atoms with Crippen molar-refractivity contribution in [2.75, 3.05) is 13.2 Å². The Morgan fingerprint density at radius 2 is 1.74 bits per heavy atom. The average molecular weight is 454 g/mol. The first kappa shape index (κ1) is 21.8. The number of hydrogen-bond acceptors (Lipinski definition) is 4. The third-order valence-corrected chi connectivity index (χ3v) is 6.18. The lowest BCUT2D eigenvalue weighted by molar-refractivity contribution is 0.0746. The highest BCUT2D eigenvalue weighted by atomic mass is 16.5. The fraction of sp³-hybridized carbons (Fsp3) is 0.214. The lowest BCUT2D eigenvalue weighted by Gasteiger charge is -2.26. The fourth-order valence-electron chi connectivity index (χ4n) is 4.51. The number of nitrogens with zero attached hydrogens (tertiary/aromatic N) is 2. The van der Waals surface area contributed by atoms with E-state index in [4.69, 9.17) is 4.74 Å². The van der Waals surface area contributed by atoms with Crippen molar-refractivity contribution in [2.24, 2.45) is 0 Å². The second kappa shape index (κ2) is 9.43.